The summed E-state index contributed by atoms with van der Waals surface area (Å²) in [4.78, 5) is 22.9. The highest BCUT2D eigenvalue weighted by molar-refractivity contribution is 7.90. The van der Waals surface area contributed by atoms with Crippen LogP contribution in [0.3, 0.4) is 0 Å². The van der Waals surface area contributed by atoms with E-state index in [1.54, 1.807) is 30.5 Å². The van der Waals surface area contributed by atoms with Gasteiger partial charge < -0.3 is 14.6 Å². The lowest BCUT2D eigenvalue weighted by Crippen LogP contribution is -2.23. The molecule has 3 heterocycles. The molecule has 1 aromatic carbocycles. The van der Waals surface area contributed by atoms with Gasteiger partial charge in [0.25, 0.3) is 5.91 Å². The van der Waals surface area contributed by atoms with Crippen molar-refractivity contribution in [1.29, 1.82) is 0 Å². The number of benzene rings is 1. The Labute approximate surface area is 191 Å². The third-order valence-corrected chi connectivity index (χ3v) is 6.52. The third kappa shape index (κ3) is 5.62. The Morgan fingerprint density at radius 3 is 2.70 bits per heavy atom. The number of hydrogen-bond donors (Lipinski definition) is 1. The minimum atomic E-state index is -3.21. The van der Waals surface area contributed by atoms with Crippen molar-refractivity contribution in [3.63, 3.8) is 0 Å². The summed E-state index contributed by atoms with van der Waals surface area (Å²) in [5.74, 6) is 1.09. The maximum atomic E-state index is 11.7. The zero-order valence-corrected chi connectivity index (χ0v) is 19.2. The van der Waals surface area contributed by atoms with E-state index in [0.717, 1.165) is 24.9 Å². The molecule has 1 aliphatic heterocycles. The largest absolute Gasteiger partial charge is 0.375 e. The van der Waals surface area contributed by atoms with E-state index in [2.05, 4.69) is 25.3 Å². The first-order chi connectivity index (χ1) is 15.8. The smallest absolute Gasteiger partial charge is 0.251 e. The molecule has 1 saturated heterocycles. The van der Waals surface area contributed by atoms with E-state index in [0.29, 0.717) is 34.5 Å². The number of nitrogens with zero attached hydrogens (tertiary/aromatic N) is 4. The second-order valence-electron chi connectivity index (χ2n) is 7.91. The number of hydrogen-bond acceptors (Lipinski definition) is 9. The molecule has 1 amide bonds. The van der Waals surface area contributed by atoms with Crippen molar-refractivity contribution in [2.24, 2.45) is 0 Å². The molecule has 33 heavy (non-hydrogen) atoms. The van der Waals surface area contributed by atoms with Gasteiger partial charge >= 0.3 is 0 Å². The van der Waals surface area contributed by atoms with E-state index in [9.17, 15) is 13.2 Å². The van der Waals surface area contributed by atoms with Crippen LogP contribution < -0.4 is 5.32 Å². The van der Waals surface area contributed by atoms with Crippen LogP contribution in [-0.4, -0.2) is 60.9 Å². The van der Waals surface area contributed by atoms with Crippen LogP contribution in [0.25, 0.3) is 11.4 Å². The number of carbonyl (C=O) groups excluding carboxylic acids is 1. The minimum absolute atomic E-state index is 0.0126. The summed E-state index contributed by atoms with van der Waals surface area (Å²) in [5, 5.41) is 6.74. The van der Waals surface area contributed by atoms with E-state index in [1.165, 1.54) is 13.4 Å². The predicted molar refractivity (Wildman–Crippen MR) is 120 cm³/mol. The van der Waals surface area contributed by atoms with Gasteiger partial charge in [-0.05, 0) is 49.2 Å². The van der Waals surface area contributed by atoms with Gasteiger partial charge in [0.1, 0.15) is 12.4 Å². The van der Waals surface area contributed by atoms with Crippen molar-refractivity contribution >= 4 is 21.6 Å². The molecule has 1 atom stereocenters. The van der Waals surface area contributed by atoms with E-state index < -0.39 is 9.84 Å². The summed E-state index contributed by atoms with van der Waals surface area (Å²) >= 11 is 0. The van der Waals surface area contributed by atoms with Crippen LogP contribution in [0.15, 0.2) is 52.0 Å². The highest BCUT2D eigenvalue weighted by Gasteiger charge is 2.31. The number of pyridine rings is 1. The van der Waals surface area contributed by atoms with Crippen LogP contribution in [0.4, 0.5) is 5.82 Å². The molecule has 0 saturated carbocycles. The number of nitrogens with one attached hydrogen (secondary N) is 1. The molecule has 10 nitrogen and oxygen atoms in total. The normalized spacial score (nSPS) is 16.7. The molecule has 2 aromatic heterocycles. The minimum Gasteiger partial charge on any atom is -0.375 e. The van der Waals surface area contributed by atoms with Gasteiger partial charge in [0.2, 0.25) is 11.7 Å². The molecule has 0 bridgehead atoms. The van der Waals surface area contributed by atoms with Gasteiger partial charge in [-0.15, -0.1) is 0 Å². The van der Waals surface area contributed by atoms with Crippen molar-refractivity contribution in [3.05, 3.63) is 54.0 Å². The lowest BCUT2D eigenvalue weighted by Gasteiger charge is -2.21. The summed E-state index contributed by atoms with van der Waals surface area (Å²) in [6, 6.07) is 10.4. The van der Waals surface area contributed by atoms with Crippen LogP contribution in [-0.2, 0) is 25.9 Å². The molecule has 11 heteroatoms. The fourth-order valence-corrected chi connectivity index (χ4v) is 4.40. The van der Waals surface area contributed by atoms with Crippen molar-refractivity contribution in [1.82, 2.24) is 20.0 Å². The number of anilines is 1. The number of methoxy groups -OCH3 is 1. The number of sulfone groups is 1. The predicted octanol–water partition coefficient (Wildman–Crippen LogP) is 2.46. The Morgan fingerprint density at radius 1 is 1.24 bits per heavy atom. The van der Waals surface area contributed by atoms with Gasteiger partial charge in [0.15, 0.2) is 9.84 Å². The molecule has 0 spiro atoms. The summed E-state index contributed by atoms with van der Waals surface area (Å²) in [7, 11) is -1.77. The fraction of sp³-hybridized carbons (Fsp3) is 0.364. The van der Waals surface area contributed by atoms with Crippen LogP contribution >= 0.6 is 0 Å². The fourth-order valence-electron chi connectivity index (χ4n) is 3.77. The van der Waals surface area contributed by atoms with Gasteiger partial charge in [-0.3, -0.25) is 9.69 Å². The van der Waals surface area contributed by atoms with E-state index in [-0.39, 0.29) is 18.6 Å². The maximum Gasteiger partial charge on any atom is 0.251 e. The van der Waals surface area contributed by atoms with Crippen LogP contribution in [0, 0.1) is 0 Å². The first-order valence-corrected chi connectivity index (χ1v) is 12.3. The average molecular weight is 472 g/mol. The molecule has 3 aromatic rings. The Bertz CT molecular complexity index is 1210. The molecule has 1 N–H and O–H groups in total. The molecule has 1 aliphatic rings. The van der Waals surface area contributed by atoms with Gasteiger partial charge in [-0.2, -0.15) is 4.98 Å². The second-order valence-corrected chi connectivity index (χ2v) is 9.93. The monoisotopic (exact) mass is 471 g/mol. The van der Waals surface area contributed by atoms with E-state index in [1.807, 2.05) is 12.1 Å². The maximum absolute atomic E-state index is 11.7. The number of ether oxygens (including phenoxy) is 1. The Balaban J connectivity index is 1.43. The Hall–Kier alpha value is -3.15. The number of carbonyl (C=O) groups is 1. The van der Waals surface area contributed by atoms with Crippen LogP contribution in [0.1, 0.15) is 30.3 Å². The van der Waals surface area contributed by atoms with Gasteiger partial charge in [0, 0.05) is 31.7 Å². The molecular weight excluding hydrogens is 446 g/mol. The van der Waals surface area contributed by atoms with Crippen molar-refractivity contribution in [2.75, 3.05) is 31.8 Å². The molecule has 0 radical (unpaired) electrons. The highest BCUT2D eigenvalue weighted by Crippen LogP contribution is 2.33. The van der Waals surface area contributed by atoms with Gasteiger partial charge in [-0.1, -0.05) is 17.3 Å². The van der Waals surface area contributed by atoms with Crippen molar-refractivity contribution < 1.29 is 22.5 Å². The molecule has 174 valence electrons. The lowest BCUT2D eigenvalue weighted by molar-refractivity contribution is -0.119. The number of aromatic nitrogens is 3. The van der Waals surface area contributed by atoms with E-state index >= 15 is 0 Å². The van der Waals surface area contributed by atoms with Crippen LogP contribution in [0.2, 0.25) is 0 Å². The number of likely N-dealkylation sites (tertiary alicyclic amines) is 1. The van der Waals surface area contributed by atoms with Crippen LogP contribution in [0.5, 0.6) is 0 Å². The van der Waals surface area contributed by atoms with Crippen molar-refractivity contribution in [3.8, 4) is 11.4 Å². The first-order valence-electron chi connectivity index (χ1n) is 10.5. The quantitative estimate of drug-likeness (QED) is 0.527. The zero-order chi connectivity index (χ0) is 23.4. The standard InChI is InChI=1S/C22H25N5O5S/c1-31-14-20(28)24-19-10-7-16(12-23-19)21-25-22(32-26-21)18-4-3-11-27(18)13-15-5-8-17(9-6-15)33(2,29)30/h5-10,12,18H,3-4,11,13-14H2,1-2H3,(H,23,24,28)/t18-/m1/s1. The molecule has 4 rings (SSSR count). The van der Waals surface area contributed by atoms with Gasteiger partial charge in [-0.25, -0.2) is 13.4 Å². The average Bonchev–Trinajstić information content (AvgIpc) is 3.44. The first kappa shape index (κ1) is 23.0. The highest BCUT2D eigenvalue weighted by atomic mass is 32.2. The van der Waals surface area contributed by atoms with Crippen molar-refractivity contribution in [2.45, 2.75) is 30.3 Å². The summed E-state index contributed by atoms with van der Waals surface area (Å²) in [6.07, 6.45) is 4.67. The number of rotatable bonds is 8. The Morgan fingerprint density at radius 2 is 2.03 bits per heavy atom. The SMILES string of the molecule is COCC(=O)Nc1ccc(-c2noc([C@H]3CCCN3Cc3ccc(S(C)(=O)=O)cc3)n2)cn1. The molecule has 1 fully saturated rings. The summed E-state index contributed by atoms with van der Waals surface area (Å²) in [5.41, 5.74) is 1.69. The summed E-state index contributed by atoms with van der Waals surface area (Å²) < 4.78 is 33.7. The molecular formula is C22H25N5O5S. The molecule has 0 unspecified atom stereocenters. The third-order valence-electron chi connectivity index (χ3n) is 5.39. The molecule has 0 aliphatic carbocycles. The lowest BCUT2D eigenvalue weighted by atomic mass is 10.2. The second kappa shape index (κ2) is 9.77. The topological polar surface area (TPSA) is 128 Å². The van der Waals surface area contributed by atoms with Gasteiger partial charge in [0.05, 0.1) is 10.9 Å². The zero-order valence-electron chi connectivity index (χ0n) is 18.4. The number of amides is 1. The Kier molecular flexibility index (Phi) is 6.82. The van der Waals surface area contributed by atoms with E-state index in [4.69, 9.17) is 9.26 Å². The summed E-state index contributed by atoms with van der Waals surface area (Å²) in [6.45, 7) is 1.49.